The van der Waals surface area contributed by atoms with Crippen molar-refractivity contribution in [3.8, 4) is 33.6 Å². The number of likely N-dealkylation sites (N-methyl/N-ethyl adjacent to an activating group) is 2. The number of halogens is 2. The van der Waals surface area contributed by atoms with Gasteiger partial charge in [0.25, 0.3) is 11.1 Å². The lowest BCUT2D eigenvalue weighted by Crippen LogP contribution is -2.45. The third kappa shape index (κ3) is 8.87. The van der Waals surface area contributed by atoms with Crippen LogP contribution in [0.3, 0.4) is 0 Å². The van der Waals surface area contributed by atoms with Crippen LogP contribution < -0.4 is 21.8 Å². The third-order valence-corrected chi connectivity index (χ3v) is 10.7. The normalized spacial score (nSPS) is 12.9. The van der Waals surface area contributed by atoms with E-state index in [0.717, 1.165) is 0 Å². The van der Waals surface area contributed by atoms with Crippen molar-refractivity contribution in [1.82, 2.24) is 48.8 Å². The van der Waals surface area contributed by atoms with Crippen LogP contribution in [-0.4, -0.2) is 127 Å². The standard InChI is InChI=1S/C40H46Cl2N10O6/c1-23-19-51-33(37(53)49(23)15-13-43-31(39(55)56)21-47(3)4)17-29(45-51)27-11-7-9-25(35(27)41)26-10-8-12-28(36(26)42)30-18-34-38(54)50(24(2)20-52(34)46-30)16-14-44-32(40(57)58)22-48(5)6/h7-12,17-20,31-32,43-44H,13-16,21-22H2,1-6H3,(H,55,56)(H,57,58)/t31-,32-/m0/s1. The van der Waals surface area contributed by atoms with Gasteiger partial charge in [-0.3, -0.25) is 19.2 Å². The molecule has 6 rings (SSSR count). The number of nitrogens with one attached hydrogen (secondary N) is 2. The number of carbonyl (C=O) groups is 2. The predicted molar refractivity (Wildman–Crippen MR) is 224 cm³/mol. The van der Waals surface area contributed by atoms with Gasteiger partial charge in [0.05, 0.1) is 21.4 Å². The average molecular weight is 834 g/mol. The summed E-state index contributed by atoms with van der Waals surface area (Å²) in [4.78, 5) is 54.3. The number of fused-ring (bicyclic) bond motifs is 2. The molecule has 18 heteroatoms. The van der Waals surface area contributed by atoms with Crippen molar-refractivity contribution in [3.05, 3.63) is 103 Å². The molecule has 0 amide bonds. The van der Waals surface area contributed by atoms with Gasteiger partial charge in [-0.15, -0.1) is 0 Å². The van der Waals surface area contributed by atoms with E-state index in [1.807, 2.05) is 36.4 Å². The molecule has 2 atom stereocenters. The highest BCUT2D eigenvalue weighted by Crippen LogP contribution is 2.42. The van der Waals surface area contributed by atoms with Crippen LogP contribution in [0.1, 0.15) is 11.4 Å². The van der Waals surface area contributed by atoms with Crippen LogP contribution in [0.15, 0.2) is 70.5 Å². The number of aromatic nitrogens is 6. The van der Waals surface area contributed by atoms with Gasteiger partial charge in [-0.1, -0.05) is 59.6 Å². The summed E-state index contributed by atoms with van der Waals surface area (Å²) in [6.07, 6.45) is 3.49. The minimum atomic E-state index is -0.965. The van der Waals surface area contributed by atoms with Gasteiger partial charge in [-0.05, 0) is 54.2 Å². The second-order valence-electron chi connectivity index (χ2n) is 14.7. The van der Waals surface area contributed by atoms with E-state index < -0.39 is 24.0 Å². The second kappa shape index (κ2) is 17.6. The molecule has 0 unspecified atom stereocenters. The van der Waals surface area contributed by atoms with E-state index in [4.69, 9.17) is 33.4 Å². The highest BCUT2D eigenvalue weighted by Gasteiger charge is 2.22. The number of hydrogen-bond acceptors (Lipinski definition) is 10. The molecule has 58 heavy (non-hydrogen) atoms. The van der Waals surface area contributed by atoms with Crippen molar-refractivity contribution >= 4 is 46.2 Å². The van der Waals surface area contributed by atoms with Crippen LogP contribution in [0.2, 0.25) is 10.0 Å². The highest BCUT2D eigenvalue weighted by molar-refractivity contribution is 6.39. The summed E-state index contributed by atoms with van der Waals surface area (Å²) in [6, 6.07) is 12.7. The Labute approximate surface area is 343 Å². The molecule has 0 bridgehead atoms. The number of carboxylic acids is 2. The van der Waals surface area contributed by atoms with Gasteiger partial charge in [0.15, 0.2) is 0 Å². The Morgan fingerprint density at radius 3 is 1.38 bits per heavy atom. The van der Waals surface area contributed by atoms with Crippen LogP contribution >= 0.6 is 23.2 Å². The predicted octanol–water partition coefficient (Wildman–Crippen LogP) is 3.44. The Kier molecular flexibility index (Phi) is 12.9. The zero-order chi connectivity index (χ0) is 42.0. The minimum absolute atomic E-state index is 0.260. The number of aliphatic carboxylic acids is 2. The van der Waals surface area contributed by atoms with E-state index in [1.54, 1.807) is 85.5 Å². The first-order valence-corrected chi connectivity index (χ1v) is 19.3. The van der Waals surface area contributed by atoms with E-state index in [9.17, 15) is 29.4 Å². The Balaban J connectivity index is 1.27. The molecule has 0 fully saturated rings. The second-order valence-corrected chi connectivity index (χ2v) is 15.5. The summed E-state index contributed by atoms with van der Waals surface area (Å²) in [6.45, 7) is 5.27. The van der Waals surface area contributed by atoms with Gasteiger partial charge in [-0.25, -0.2) is 9.03 Å². The van der Waals surface area contributed by atoms with E-state index in [0.29, 0.717) is 79.2 Å². The van der Waals surface area contributed by atoms with Gasteiger partial charge in [-0.2, -0.15) is 10.2 Å². The first-order valence-electron chi connectivity index (χ1n) is 18.5. The quantitative estimate of drug-likeness (QED) is 0.105. The first-order chi connectivity index (χ1) is 27.5. The number of hydrogen-bond donors (Lipinski definition) is 4. The van der Waals surface area contributed by atoms with Gasteiger partial charge in [0.1, 0.15) is 23.1 Å². The van der Waals surface area contributed by atoms with Crippen molar-refractivity contribution in [3.63, 3.8) is 0 Å². The van der Waals surface area contributed by atoms with Gasteiger partial charge in [0.2, 0.25) is 0 Å². The molecule has 0 aliphatic heterocycles. The Bertz CT molecular complexity index is 2450. The fourth-order valence-electron chi connectivity index (χ4n) is 6.98. The van der Waals surface area contributed by atoms with Crippen molar-refractivity contribution in [1.29, 1.82) is 0 Å². The summed E-state index contributed by atoms with van der Waals surface area (Å²) < 4.78 is 6.21. The molecule has 4 aromatic heterocycles. The van der Waals surface area contributed by atoms with Gasteiger partial charge >= 0.3 is 11.9 Å². The van der Waals surface area contributed by atoms with Crippen LogP contribution in [-0.2, 0) is 22.7 Å². The maximum atomic E-state index is 13.7. The van der Waals surface area contributed by atoms with Gasteiger partial charge in [0, 0.05) is 85.3 Å². The molecule has 0 spiro atoms. The van der Waals surface area contributed by atoms with Gasteiger partial charge < -0.3 is 39.8 Å². The molecular formula is C40H46Cl2N10O6. The molecule has 0 aliphatic rings. The number of aryl methyl sites for hydroxylation is 2. The molecule has 16 nitrogen and oxygen atoms in total. The zero-order valence-corrected chi connectivity index (χ0v) is 34.5. The third-order valence-electron chi connectivity index (χ3n) is 9.85. The zero-order valence-electron chi connectivity index (χ0n) is 33.0. The molecule has 0 aliphatic carbocycles. The Hall–Kier alpha value is -5.36. The van der Waals surface area contributed by atoms with Crippen LogP contribution in [0, 0.1) is 13.8 Å². The average Bonchev–Trinajstić information content (AvgIpc) is 3.78. The summed E-state index contributed by atoms with van der Waals surface area (Å²) >= 11 is 14.2. The lowest BCUT2D eigenvalue weighted by atomic mass is 9.98. The molecule has 0 saturated carbocycles. The number of carboxylic acid groups (broad SMARTS) is 2. The fourth-order valence-corrected chi connectivity index (χ4v) is 7.63. The largest absolute Gasteiger partial charge is 0.480 e. The van der Waals surface area contributed by atoms with Crippen LogP contribution in [0.4, 0.5) is 0 Å². The SMILES string of the molecule is Cc1cn2nc(-c3cccc(-c4cccc(-c5cc6c(=O)n(CCN[C@@H](CN(C)C)C(=O)O)c(C)cn6n5)c4Cl)c3Cl)cc2c(=O)n1CCN[C@@H](CN(C)C)C(=O)O. The summed E-state index contributed by atoms with van der Waals surface area (Å²) in [7, 11) is 7.19. The molecular weight excluding hydrogens is 787 g/mol. The van der Waals surface area contributed by atoms with Crippen LogP contribution in [0.5, 0.6) is 0 Å². The number of nitrogens with zero attached hydrogens (tertiary/aromatic N) is 8. The van der Waals surface area contributed by atoms with E-state index >= 15 is 0 Å². The highest BCUT2D eigenvalue weighted by atomic mass is 35.5. The molecule has 0 radical (unpaired) electrons. The molecule has 4 N–H and O–H groups in total. The van der Waals surface area contributed by atoms with Crippen molar-refractivity contribution in [2.45, 2.75) is 39.0 Å². The van der Waals surface area contributed by atoms with Crippen LogP contribution in [0.25, 0.3) is 44.7 Å². The molecule has 2 aromatic carbocycles. The van der Waals surface area contributed by atoms with E-state index in [-0.39, 0.29) is 37.3 Å². The maximum absolute atomic E-state index is 13.7. The van der Waals surface area contributed by atoms with E-state index in [1.165, 1.54) is 9.03 Å². The Morgan fingerprint density at radius 1 is 0.672 bits per heavy atom. The fraction of sp³-hybridized carbons (Fsp3) is 0.350. The summed E-state index contributed by atoms with van der Waals surface area (Å²) in [5.41, 5.74) is 4.76. The van der Waals surface area contributed by atoms with Crippen molar-refractivity contribution < 1.29 is 19.8 Å². The topological polar surface area (TPSA) is 184 Å². The maximum Gasteiger partial charge on any atom is 0.322 e. The first kappa shape index (κ1) is 42.3. The lowest BCUT2D eigenvalue weighted by Gasteiger charge is -2.19. The molecule has 0 saturated heterocycles. The number of benzene rings is 2. The van der Waals surface area contributed by atoms with E-state index in [2.05, 4.69) is 10.6 Å². The molecule has 6 aromatic rings. The monoisotopic (exact) mass is 832 g/mol. The minimum Gasteiger partial charge on any atom is -0.480 e. The molecule has 306 valence electrons. The van der Waals surface area contributed by atoms with Crippen molar-refractivity contribution in [2.24, 2.45) is 0 Å². The van der Waals surface area contributed by atoms with Crippen molar-refractivity contribution in [2.75, 3.05) is 54.4 Å². The summed E-state index contributed by atoms with van der Waals surface area (Å²) in [5, 5.41) is 35.3. The number of rotatable bonds is 17. The Morgan fingerprint density at radius 2 is 1.03 bits per heavy atom. The summed E-state index contributed by atoms with van der Waals surface area (Å²) in [5.74, 6) is -1.93. The lowest BCUT2D eigenvalue weighted by molar-refractivity contribution is -0.140. The smallest absolute Gasteiger partial charge is 0.322 e. The molecule has 4 heterocycles.